The zero-order valence-corrected chi connectivity index (χ0v) is 11.8. The van der Waals surface area contributed by atoms with Gasteiger partial charge < -0.3 is 9.47 Å². The zero-order chi connectivity index (χ0) is 13.4. The summed E-state index contributed by atoms with van der Waals surface area (Å²) in [6.07, 6.45) is 1.00. The van der Waals surface area contributed by atoms with Crippen LogP contribution in [0.4, 0.5) is 0 Å². The van der Waals surface area contributed by atoms with E-state index < -0.39 is 5.54 Å². The van der Waals surface area contributed by atoms with Gasteiger partial charge in [0.2, 0.25) is 0 Å². The van der Waals surface area contributed by atoms with Crippen molar-refractivity contribution in [2.45, 2.75) is 52.2 Å². The summed E-state index contributed by atoms with van der Waals surface area (Å²) < 4.78 is 11.0. The van der Waals surface area contributed by atoms with Crippen LogP contribution >= 0.6 is 0 Å². The van der Waals surface area contributed by atoms with E-state index in [1.165, 1.54) is 0 Å². The van der Waals surface area contributed by atoms with E-state index >= 15 is 0 Å². The van der Waals surface area contributed by atoms with Crippen molar-refractivity contribution in [1.82, 2.24) is 5.32 Å². The van der Waals surface area contributed by atoms with Gasteiger partial charge in [-0.15, -0.1) is 0 Å². The average molecular weight is 242 g/mol. The normalized spacial score (nSPS) is 15.3. The Hall–Kier alpha value is -0.630. The molecule has 17 heavy (non-hydrogen) atoms. The fourth-order valence-corrected chi connectivity index (χ4v) is 1.21. The van der Waals surface area contributed by atoms with E-state index in [-0.39, 0.29) is 5.60 Å². The lowest BCUT2D eigenvalue weighted by Crippen LogP contribution is -2.45. The molecule has 0 bridgehead atoms. The third kappa shape index (κ3) is 9.11. The minimum Gasteiger partial charge on any atom is -0.376 e. The van der Waals surface area contributed by atoms with Crippen LogP contribution < -0.4 is 5.32 Å². The molecule has 0 fully saturated rings. The lowest BCUT2D eigenvalue weighted by molar-refractivity contribution is -0.0394. The van der Waals surface area contributed by atoms with Crippen molar-refractivity contribution in [3.63, 3.8) is 0 Å². The SMILES string of the molecule is CCCNC(C)(C#N)COCCOC(C)(C)C. The van der Waals surface area contributed by atoms with Crippen molar-refractivity contribution in [2.24, 2.45) is 0 Å². The first-order chi connectivity index (χ1) is 7.83. The van der Waals surface area contributed by atoms with Gasteiger partial charge in [0, 0.05) is 0 Å². The Labute approximate surface area is 105 Å². The lowest BCUT2D eigenvalue weighted by Gasteiger charge is -2.24. The molecule has 0 saturated carbocycles. The Morgan fingerprint density at radius 1 is 1.18 bits per heavy atom. The summed E-state index contributed by atoms with van der Waals surface area (Å²) in [5, 5.41) is 12.2. The molecule has 0 aliphatic carbocycles. The smallest absolute Gasteiger partial charge is 0.127 e. The third-order valence-electron chi connectivity index (χ3n) is 2.17. The van der Waals surface area contributed by atoms with Gasteiger partial charge in [-0.25, -0.2) is 0 Å². The van der Waals surface area contributed by atoms with Gasteiger partial charge in [0.1, 0.15) is 5.54 Å². The van der Waals surface area contributed by atoms with Crippen LogP contribution in [-0.2, 0) is 9.47 Å². The maximum Gasteiger partial charge on any atom is 0.127 e. The predicted molar refractivity (Wildman–Crippen MR) is 68.8 cm³/mol. The highest BCUT2D eigenvalue weighted by molar-refractivity contribution is 5.03. The highest BCUT2D eigenvalue weighted by Crippen LogP contribution is 2.07. The largest absolute Gasteiger partial charge is 0.376 e. The molecule has 0 heterocycles. The minimum atomic E-state index is -0.599. The Kier molecular flexibility index (Phi) is 7.37. The van der Waals surface area contributed by atoms with Crippen molar-refractivity contribution in [3.05, 3.63) is 0 Å². The van der Waals surface area contributed by atoms with Crippen LogP contribution in [0.1, 0.15) is 41.0 Å². The molecule has 4 heteroatoms. The van der Waals surface area contributed by atoms with Crippen LogP contribution in [0, 0.1) is 11.3 Å². The van der Waals surface area contributed by atoms with Gasteiger partial charge in [-0.1, -0.05) is 6.92 Å². The molecule has 4 nitrogen and oxygen atoms in total. The second-order valence-electron chi connectivity index (χ2n) is 5.38. The first kappa shape index (κ1) is 16.4. The molecule has 0 saturated heterocycles. The molecule has 0 aliphatic heterocycles. The van der Waals surface area contributed by atoms with Crippen LogP contribution in [0.5, 0.6) is 0 Å². The third-order valence-corrected chi connectivity index (χ3v) is 2.17. The van der Waals surface area contributed by atoms with E-state index in [0.29, 0.717) is 19.8 Å². The van der Waals surface area contributed by atoms with E-state index in [4.69, 9.17) is 14.7 Å². The standard InChI is InChI=1S/C13H26N2O2/c1-6-7-15-13(5,10-14)11-16-8-9-17-12(2,3)4/h15H,6-9,11H2,1-5H3. The van der Waals surface area contributed by atoms with E-state index in [9.17, 15) is 0 Å². The van der Waals surface area contributed by atoms with Gasteiger partial charge in [-0.2, -0.15) is 5.26 Å². The highest BCUT2D eigenvalue weighted by atomic mass is 16.5. The van der Waals surface area contributed by atoms with Gasteiger partial charge >= 0.3 is 0 Å². The molecule has 100 valence electrons. The predicted octanol–water partition coefficient (Wildman–Crippen LogP) is 2.10. The van der Waals surface area contributed by atoms with Gasteiger partial charge in [0.25, 0.3) is 0 Å². The fourth-order valence-electron chi connectivity index (χ4n) is 1.21. The summed E-state index contributed by atoms with van der Waals surface area (Å²) in [6, 6.07) is 2.24. The Morgan fingerprint density at radius 2 is 1.82 bits per heavy atom. The van der Waals surface area contributed by atoms with Crippen LogP contribution in [0.3, 0.4) is 0 Å². The number of hydrogen-bond acceptors (Lipinski definition) is 4. The van der Waals surface area contributed by atoms with E-state index in [1.807, 2.05) is 27.7 Å². The van der Waals surface area contributed by atoms with Crippen molar-refractivity contribution < 1.29 is 9.47 Å². The van der Waals surface area contributed by atoms with Gasteiger partial charge in [0.05, 0.1) is 31.5 Å². The van der Waals surface area contributed by atoms with E-state index in [2.05, 4.69) is 18.3 Å². The van der Waals surface area contributed by atoms with Crippen LogP contribution in [0.25, 0.3) is 0 Å². The average Bonchev–Trinajstić information content (AvgIpc) is 2.24. The quantitative estimate of drug-likeness (QED) is 0.662. The molecule has 0 rings (SSSR count). The second kappa shape index (κ2) is 7.65. The number of ether oxygens (including phenoxy) is 2. The maximum atomic E-state index is 9.07. The van der Waals surface area contributed by atoms with Gasteiger partial charge in [0.15, 0.2) is 0 Å². The zero-order valence-electron chi connectivity index (χ0n) is 11.8. The number of nitrogens with one attached hydrogen (secondary N) is 1. The van der Waals surface area contributed by atoms with Crippen molar-refractivity contribution in [1.29, 1.82) is 5.26 Å². The summed E-state index contributed by atoms with van der Waals surface area (Å²) in [6.45, 7) is 12.2. The number of nitrogens with zero attached hydrogens (tertiary/aromatic N) is 1. The fraction of sp³-hybridized carbons (Fsp3) is 0.923. The summed E-state index contributed by atoms with van der Waals surface area (Å²) in [5.74, 6) is 0. The first-order valence-corrected chi connectivity index (χ1v) is 6.21. The number of hydrogen-bond donors (Lipinski definition) is 1. The monoisotopic (exact) mass is 242 g/mol. The van der Waals surface area contributed by atoms with E-state index in [0.717, 1.165) is 13.0 Å². The molecule has 1 N–H and O–H groups in total. The summed E-state index contributed by atoms with van der Waals surface area (Å²) in [5.41, 5.74) is -0.736. The number of rotatable bonds is 8. The highest BCUT2D eigenvalue weighted by Gasteiger charge is 2.22. The molecule has 1 unspecified atom stereocenters. The van der Waals surface area contributed by atoms with Crippen LogP contribution in [-0.4, -0.2) is 37.5 Å². The summed E-state index contributed by atoms with van der Waals surface area (Å²) in [4.78, 5) is 0. The first-order valence-electron chi connectivity index (χ1n) is 6.21. The molecular weight excluding hydrogens is 216 g/mol. The molecule has 0 aromatic carbocycles. The molecule has 0 aliphatic rings. The second-order valence-corrected chi connectivity index (χ2v) is 5.38. The molecule has 1 atom stereocenters. The molecule has 0 aromatic rings. The van der Waals surface area contributed by atoms with Crippen LogP contribution in [0.15, 0.2) is 0 Å². The Bertz CT molecular complexity index is 243. The maximum absolute atomic E-state index is 9.07. The molecule has 0 spiro atoms. The van der Waals surface area contributed by atoms with Crippen LogP contribution in [0.2, 0.25) is 0 Å². The topological polar surface area (TPSA) is 54.3 Å². The molecule has 0 aromatic heterocycles. The minimum absolute atomic E-state index is 0.137. The molecule has 0 amide bonds. The van der Waals surface area contributed by atoms with Crippen molar-refractivity contribution in [3.8, 4) is 6.07 Å². The number of nitriles is 1. The summed E-state index contributed by atoms with van der Waals surface area (Å²) >= 11 is 0. The summed E-state index contributed by atoms with van der Waals surface area (Å²) in [7, 11) is 0. The van der Waals surface area contributed by atoms with Gasteiger partial charge in [-0.05, 0) is 40.7 Å². The van der Waals surface area contributed by atoms with Crippen molar-refractivity contribution >= 4 is 0 Å². The Morgan fingerprint density at radius 3 is 2.29 bits per heavy atom. The van der Waals surface area contributed by atoms with E-state index in [1.54, 1.807) is 0 Å². The van der Waals surface area contributed by atoms with Crippen molar-refractivity contribution in [2.75, 3.05) is 26.4 Å². The molecule has 0 radical (unpaired) electrons. The van der Waals surface area contributed by atoms with Gasteiger partial charge in [-0.3, -0.25) is 5.32 Å². The molecular formula is C13H26N2O2. The Balaban J connectivity index is 3.74. The lowest BCUT2D eigenvalue weighted by atomic mass is 10.1.